The molecule has 2 aromatic rings. The van der Waals surface area contributed by atoms with Crippen LogP contribution in [0.5, 0.6) is 5.75 Å². The maximum absolute atomic E-state index is 11.1. The van der Waals surface area contributed by atoms with E-state index in [1.54, 1.807) is 0 Å². The third kappa shape index (κ3) is 2.98. The number of benzene rings is 2. The van der Waals surface area contributed by atoms with Gasteiger partial charge in [-0.25, -0.2) is 4.79 Å². The molecule has 0 heterocycles. The van der Waals surface area contributed by atoms with Gasteiger partial charge in [-0.05, 0) is 12.1 Å². The van der Waals surface area contributed by atoms with Gasteiger partial charge in [0.05, 0.1) is 21.5 Å². The van der Waals surface area contributed by atoms with Crippen molar-refractivity contribution in [2.24, 2.45) is 0 Å². The summed E-state index contributed by atoms with van der Waals surface area (Å²) in [4.78, 5) is 31.0. The minimum Gasteiger partial charge on any atom is -0.449 e. The van der Waals surface area contributed by atoms with Crippen LogP contribution in [0.2, 0.25) is 0 Å². The summed E-state index contributed by atoms with van der Waals surface area (Å²) in [5.74, 6) is -0.105. The van der Waals surface area contributed by atoms with Gasteiger partial charge in [0.25, 0.3) is 11.4 Å². The average molecular weight is 304 g/mol. The zero-order valence-corrected chi connectivity index (χ0v) is 10.8. The van der Waals surface area contributed by atoms with Crippen molar-refractivity contribution in [3.05, 3.63) is 62.7 Å². The van der Waals surface area contributed by atoms with Gasteiger partial charge in [0.2, 0.25) is 0 Å². The summed E-state index contributed by atoms with van der Waals surface area (Å²) in [5, 5.41) is 30.5. The van der Waals surface area contributed by atoms with Gasteiger partial charge in [0.15, 0.2) is 0 Å². The molecule has 0 spiro atoms. The van der Waals surface area contributed by atoms with E-state index in [0.29, 0.717) is 0 Å². The molecule has 0 amide bonds. The van der Waals surface area contributed by atoms with Crippen LogP contribution in [0.3, 0.4) is 0 Å². The van der Waals surface area contributed by atoms with Crippen molar-refractivity contribution >= 4 is 17.5 Å². The van der Waals surface area contributed by atoms with E-state index in [1.807, 2.05) is 0 Å². The Kier molecular flexibility index (Phi) is 3.98. The lowest BCUT2D eigenvalue weighted by Crippen LogP contribution is -2.04. The number of non-ortho nitro benzene ring substituents is 1. The van der Waals surface area contributed by atoms with Gasteiger partial charge in [-0.3, -0.25) is 20.2 Å². The summed E-state index contributed by atoms with van der Waals surface area (Å²) in [5.41, 5.74) is -0.790. The first-order valence-corrected chi connectivity index (χ1v) is 5.83. The Hall–Kier alpha value is -3.49. The highest BCUT2D eigenvalue weighted by Crippen LogP contribution is 2.38. The van der Waals surface area contributed by atoms with E-state index in [1.165, 1.54) is 30.3 Å². The van der Waals surface area contributed by atoms with Gasteiger partial charge in [0, 0.05) is 11.6 Å². The fourth-order valence-electron chi connectivity index (χ4n) is 1.88. The molecule has 0 aliphatic rings. The first-order valence-electron chi connectivity index (χ1n) is 5.83. The standard InChI is InChI=1S/C13H8N2O7/c16-13(17)22-12-4-2-1-3-10(12)9-6-5-8(14(18)19)7-11(9)15(20)21/h1-7H,(H,16,17). The van der Waals surface area contributed by atoms with E-state index in [0.717, 1.165) is 12.1 Å². The molecule has 22 heavy (non-hydrogen) atoms. The first-order chi connectivity index (χ1) is 10.4. The van der Waals surface area contributed by atoms with Crippen molar-refractivity contribution in [1.82, 2.24) is 0 Å². The number of nitro benzene ring substituents is 2. The minimum absolute atomic E-state index is 0.0208. The highest BCUT2D eigenvalue weighted by atomic mass is 16.7. The Balaban J connectivity index is 2.65. The Morgan fingerprint density at radius 1 is 1.00 bits per heavy atom. The molecule has 0 atom stereocenters. The Morgan fingerprint density at radius 3 is 2.27 bits per heavy atom. The molecule has 9 heteroatoms. The van der Waals surface area contributed by atoms with Crippen LogP contribution in [0.15, 0.2) is 42.5 Å². The predicted octanol–water partition coefficient (Wildman–Crippen LogP) is 3.23. The minimum atomic E-state index is -1.57. The van der Waals surface area contributed by atoms with E-state index < -0.39 is 27.4 Å². The maximum atomic E-state index is 11.1. The monoisotopic (exact) mass is 304 g/mol. The molecule has 0 aromatic heterocycles. The summed E-state index contributed by atoms with van der Waals surface area (Å²) in [7, 11) is 0. The Labute approximate surface area is 122 Å². The largest absolute Gasteiger partial charge is 0.511 e. The second-order valence-electron chi connectivity index (χ2n) is 4.08. The topological polar surface area (TPSA) is 133 Å². The number of hydrogen-bond acceptors (Lipinski definition) is 6. The zero-order valence-electron chi connectivity index (χ0n) is 10.8. The van der Waals surface area contributed by atoms with Gasteiger partial charge in [0.1, 0.15) is 5.75 Å². The third-order valence-electron chi connectivity index (χ3n) is 2.76. The zero-order chi connectivity index (χ0) is 16.3. The molecule has 9 nitrogen and oxygen atoms in total. The van der Waals surface area contributed by atoms with Crippen molar-refractivity contribution in [3.8, 4) is 16.9 Å². The molecule has 0 bridgehead atoms. The Morgan fingerprint density at radius 2 is 1.68 bits per heavy atom. The van der Waals surface area contributed by atoms with E-state index >= 15 is 0 Å². The number of hydrogen-bond donors (Lipinski definition) is 1. The number of carboxylic acid groups (broad SMARTS) is 1. The number of para-hydroxylation sites is 1. The fraction of sp³-hybridized carbons (Fsp3) is 0. The van der Waals surface area contributed by atoms with Gasteiger partial charge in [-0.1, -0.05) is 18.2 Å². The van der Waals surface area contributed by atoms with Crippen LogP contribution in [0, 0.1) is 20.2 Å². The van der Waals surface area contributed by atoms with Crippen molar-refractivity contribution in [2.45, 2.75) is 0 Å². The first kappa shape index (κ1) is 14.9. The summed E-state index contributed by atoms with van der Waals surface area (Å²) >= 11 is 0. The highest BCUT2D eigenvalue weighted by Gasteiger charge is 2.23. The van der Waals surface area contributed by atoms with Crippen molar-refractivity contribution in [2.75, 3.05) is 0 Å². The molecule has 0 aliphatic carbocycles. The van der Waals surface area contributed by atoms with E-state index in [9.17, 15) is 25.0 Å². The molecule has 0 unspecified atom stereocenters. The van der Waals surface area contributed by atoms with Crippen LogP contribution in [-0.4, -0.2) is 21.1 Å². The molecule has 0 fully saturated rings. The summed E-state index contributed by atoms with van der Waals surface area (Å²) in [6.45, 7) is 0. The second-order valence-corrected chi connectivity index (χ2v) is 4.08. The molecule has 0 aliphatic heterocycles. The van der Waals surface area contributed by atoms with Crippen LogP contribution < -0.4 is 4.74 Å². The van der Waals surface area contributed by atoms with Gasteiger partial charge in [-0.2, -0.15) is 0 Å². The van der Waals surface area contributed by atoms with Crippen molar-refractivity contribution < 1.29 is 24.5 Å². The van der Waals surface area contributed by atoms with Crippen LogP contribution in [0.1, 0.15) is 0 Å². The quantitative estimate of drug-likeness (QED) is 0.396. The molecular weight excluding hydrogens is 296 g/mol. The van der Waals surface area contributed by atoms with Crippen molar-refractivity contribution in [3.63, 3.8) is 0 Å². The summed E-state index contributed by atoms with van der Waals surface area (Å²) in [6.07, 6.45) is -1.57. The number of nitrogens with zero attached hydrogens (tertiary/aromatic N) is 2. The normalized spacial score (nSPS) is 10.0. The predicted molar refractivity (Wildman–Crippen MR) is 73.8 cm³/mol. The molecule has 1 N–H and O–H groups in total. The van der Waals surface area contributed by atoms with Gasteiger partial charge < -0.3 is 9.84 Å². The molecule has 2 rings (SSSR count). The van der Waals surface area contributed by atoms with E-state index in [2.05, 4.69) is 4.74 Å². The lowest BCUT2D eigenvalue weighted by Gasteiger charge is -2.08. The summed E-state index contributed by atoms with van der Waals surface area (Å²) < 4.78 is 4.57. The van der Waals surface area contributed by atoms with Crippen LogP contribution >= 0.6 is 0 Å². The van der Waals surface area contributed by atoms with Crippen LogP contribution in [0.4, 0.5) is 16.2 Å². The lowest BCUT2D eigenvalue weighted by molar-refractivity contribution is -0.393. The van der Waals surface area contributed by atoms with Crippen LogP contribution in [0.25, 0.3) is 11.1 Å². The SMILES string of the molecule is O=C(O)Oc1ccccc1-c1ccc([N+](=O)[O-])cc1[N+](=O)[O-]. The molecule has 2 aromatic carbocycles. The maximum Gasteiger partial charge on any atom is 0.511 e. The van der Waals surface area contributed by atoms with Gasteiger partial charge >= 0.3 is 6.16 Å². The number of ether oxygens (including phenoxy) is 1. The number of rotatable bonds is 4. The number of nitro groups is 2. The van der Waals surface area contributed by atoms with Gasteiger partial charge in [-0.15, -0.1) is 0 Å². The molecule has 0 saturated heterocycles. The van der Waals surface area contributed by atoms with Crippen molar-refractivity contribution in [1.29, 1.82) is 0 Å². The molecular formula is C13H8N2O7. The summed E-state index contributed by atoms with van der Waals surface area (Å²) in [6, 6.07) is 8.88. The fourth-order valence-corrected chi connectivity index (χ4v) is 1.88. The third-order valence-corrected chi connectivity index (χ3v) is 2.76. The average Bonchev–Trinajstić information content (AvgIpc) is 2.46. The molecule has 0 saturated carbocycles. The molecule has 112 valence electrons. The van der Waals surface area contributed by atoms with E-state index in [-0.39, 0.29) is 16.9 Å². The highest BCUT2D eigenvalue weighted by molar-refractivity contribution is 5.81. The second kappa shape index (κ2) is 5.87. The lowest BCUT2D eigenvalue weighted by atomic mass is 10.0. The van der Waals surface area contributed by atoms with Crippen LogP contribution in [-0.2, 0) is 0 Å². The van der Waals surface area contributed by atoms with E-state index in [4.69, 9.17) is 5.11 Å². The smallest absolute Gasteiger partial charge is 0.449 e. The Bertz CT molecular complexity index is 773. The number of carbonyl (C=O) groups is 1. The molecule has 0 radical (unpaired) electrons.